The molecule has 2 nitrogen and oxygen atoms in total. The Kier molecular flexibility index (Phi) is 4.54. The van der Waals surface area contributed by atoms with Gasteiger partial charge >= 0.3 is 0 Å². The second kappa shape index (κ2) is 6.75. The third-order valence-corrected chi connectivity index (χ3v) is 4.12. The molecule has 0 spiro atoms. The Bertz CT molecular complexity index is 794. The first-order valence-corrected chi connectivity index (χ1v) is 7.89. The fourth-order valence-corrected chi connectivity index (χ4v) is 2.75. The summed E-state index contributed by atoms with van der Waals surface area (Å²) in [7, 11) is 0. The van der Waals surface area contributed by atoms with Gasteiger partial charge in [-0.3, -0.25) is 0 Å². The zero-order valence-electron chi connectivity index (χ0n) is 12.0. The molecule has 0 aliphatic rings. The molecule has 0 aliphatic heterocycles. The Morgan fingerprint density at radius 1 is 0.955 bits per heavy atom. The van der Waals surface area contributed by atoms with Gasteiger partial charge in [-0.25, -0.2) is 0 Å². The van der Waals surface area contributed by atoms with Crippen molar-refractivity contribution in [2.24, 2.45) is 0 Å². The van der Waals surface area contributed by atoms with Crippen molar-refractivity contribution in [2.45, 2.75) is 13.0 Å². The first-order valence-electron chi connectivity index (χ1n) is 7.09. The van der Waals surface area contributed by atoms with E-state index in [1.165, 1.54) is 0 Å². The zero-order valence-corrected chi connectivity index (χ0v) is 13.5. The molecule has 0 atom stereocenters. The van der Waals surface area contributed by atoms with Gasteiger partial charge < -0.3 is 9.53 Å². The fourth-order valence-electron chi connectivity index (χ4n) is 2.49. The molecule has 22 heavy (non-hydrogen) atoms. The molecule has 0 amide bonds. The van der Waals surface area contributed by atoms with Gasteiger partial charge in [-0.1, -0.05) is 58.4 Å². The second-order valence-corrected chi connectivity index (χ2v) is 5.96. The van der Waals surface area contributed by atoms with Crippen LogP contribution in [0.3, 0.4) is 0 Å². The molecule has 3 aromatic rings. The highest BCUT2D eigenvalue weighted by atomic mass is 79.9. The summed E-state index contributed by atoms with van der Waals surface area (Å²) in [5.74, 6) is 0.772. The Morgan fingerprint density at radius 2 is 1.73 bits per heavy atom. The zero-order chi connectivity index (χ0) is 15.4. The third-order valence-electron chi connectivity index (χ3n) is 3.59. The van der Waals surface area contributed by atoms with Crippen molar-refractivity contribution in [3.05, 3.63) is 76.3 Å². The van der Waals surface area contributed by atoms with Crippen LogP contribution in [0.2, 0.25) is 0 Å². The Labute approximate surface area is 137 Å². The van der Waals surface area contributed by atoms with Crippen LogP contribution in [0.15, 0.2) is 65.1 Å². The molecule has 0 saturated heterocycles. The summed E-state index contributed by atoms with van der Waals surface area (Å²) in [6.45, 7) is 0.484. The standard InChI is InChI=1S/C19H15BrO2/c20-16-8-5-14(6-9-16)13-22-19-10-7-15-3-1-2-4-17(15)18(19)11-12-21/h1-10,12H,11,13H2. The van der Waals surface area contributed by atoms with Crippen LogP contribution in [0.4, 0.5) is 0 Å². The molecule has 0 saturated carbocycles. The van der Waals surface area contributed by atoms with Crippen molar-refractivity contribution < 1.29 is 9.53 Å². The van der Waals surface area contributed by atoms with Crippen LogP contribution in [0.25, 0.3) is 10.8 Å². The van der Waals surface area contributed by atoms with E-state index in [0.717, 1.165) is 38.4 Å². The molecule has 0 radical (unpaired) electrons. The molecule has 3 rings (SSSR count). The van der Waals surface area contributed by atoms with Gasteiger partial charge in [0.1, 0.15) is 18.6 Å². The highest BCUT2D eigenvalue weighted by Gasteiger charge is 2.08. The Morgan fingerprint density at radius 3 is 2.50 bits per heavy atom. The quantitative estimate of drug-likeness (QED) is 0.607. The molecule has 0 bridgehead atoms. The summed E-state index contributed by atoms with van der Waals surface area (Å²) in [6, 6.07) is 20.0. The van der Waals surface area contributed by atoms with Crippen molar-refractivity contribution >= 4 is 33.0 Å². The number of carbonyl (C=O) groups excluding carboxylic acids is 1. The number of ether oxygens (including phenoxy) is 1. The van der Waals surface area contributed by atoms with E-state index in [4.69, 9.17) is 4.74 Å². The predicted octanol–water partition coefficient (Wildman–Crippen LogP) is 4.92. The number of hydrogen-bond acceptors (Lipinski definition) is 2. The topological polar surface area (TPSA) is 26.3 Å². The number of halogens is 1. The summed E-state index contributed by atoms with van der Waals surface area (Å²) in [5.41, 5.74) is 2.04. The maximum atomic E-state index is 11.0. The van der Waals surface area contributed by atoms with E-state index in [-0.39, 0.29) is 0 Å². The smallest absolute Gasteiger partial charge is 0.124 e. The van der Waals surface area contributed by atoms with E-state index < -0.39 is 0 Å². The number of carbonyl (C=O) groups is 1. The molecule has 0 unspecified atom stereocenters. The van der Waals surface area contributed by atoms with E-state index in [2.05, 4.69) is 15.9 Å². The molecule has 0 aliphatic carbocycles. The molecule has 110 valence electrons. The van der Waals surface area contributed by atoms with Gasteiger partial charge in [0.25, 0.3) is 0 Å². The van der Waals surface area contributed by atoms with Crippen molar-refractivity contribution in [3.63, 3.8) is 0 Å². The Hall–Kier alpha value is -2.13. The minimum Gasteiger partial charge on any atom is -0.489 e. The summed E-state index contributed by atoms with van der Waals surface area (Å²) in [6.07, 6.45) is 1.28. The first-order chi connectivity index (χ1) is 10.8. The summed E-state index contributed by atoms with van der Waals surface area (Å²) >= 11 is 3.42. The van der Waals surface area contributed by atoms with Crippen molar-refractivity contribution in [3.8, 4) is 5.75 Å². The van der Waals surface area contributed by atoms with Gasteiger partial charge in [-0.15, -0.1) is 0 Å². The monoisotopic (exact) mass is 354 g/mol. The summed E-state index contributed by atoms with van der Waals surface area (Å²) < 4.78 is 6.99. The first kappa shape index (κ1) is 14.8. The van der Waals surface area contributed by atoms with Crippen molar-refractivity contribution in [2.75, 3.05) is 0 Å². The summed E-state index contributed by atoms with van der Waals surface area (Å²) in [5, 5.41) is 2.19. The number of rotatable bonds is 5. The fraction of sp³-hybridized carbons (Fsp3) is 0.105. The number of aldehydes is 1. The molecule has 0 aromatic heterocycles. The van der Waals surface area contributed by atoms with Gasteiger partial charge in [-0.2, -0.15) is 0 Å². The van der Waals surface area contributed by atoms with Crippen LogP contribution in [0.1, 0.15) is 11.1 Å². The average molecular weight is 355 g/mol. The summed E-state index contributed by atoms with van der Waals surface area (Å²) in [4.78, 5) is 11.0. The molecule has 3 heteroatoms. The van der Waals surface area contributed by atoms with E-state index >= 15 is 0 Å². The van der Waals surface area contributed by atoms with Crippen LogP contribution in [-0.2, 0) is 17.8 Å². The Balaban J connectivity index is 1.90. The minimum absolute atomic E-state index is 0.358. The van der Waals surface area contributed by atoms with Gasteiger partial charge in [-0.05, 0) is 34.5 Å². The van der Waals surface area contributed by atoms with E-state index in [1.54, 1.807) is 0 Å². The lowest BCUT2D eigenvalue weighted by Crippen LogP contribution is -2.00. The maximum Gasteiger partial charge on any atom is 0.124 e. The van der Waals surface area contributed by atoms with Gasteiger partial charge in [0.15, 0.2) is 0 Å². The maximum absolute atomic E-state index is 11.0. The lowest BCUT2D eigenvalue weighted by atomic mass is 10.0. The molecule has 0 heterocycles. The normalized spacial score (nSPS) is 10.6. The number of benzene rings is 3. The molecule has 3 aromatic carbocycles. The molecular weight excluding hydrogens is 340 g/mol. The minimum atomic E-state index is 0.358. The second-order valence-electron chi connectivity index (χ2n) is 5.05. The highest BCUT2D eigenvalue weighted by molar-refractivity contribution is 9.10. The van der Waals surface area contributed by atoms with E-state index in [1.807, 2.05) is 60.7 Å². The number of fused-ring (bicyclic) bond motifs is 1. The van der Waals surface area contributed by atoms with Crippen LogP contribution in [-0.4, -0.2) is 6.29 Å². The van der Waals surface area contributed by atoms with Crippen LogP contribution in [0.5, 0.6) is 5.75 Å². The third kappa shape index (κ3) is 3.20. The van der Waals surface area contributed by atoms with Crippen LogP contribution < -0.4 is 4.74 Å². The molecule has 0 fully saturated rings. The largest absolute Gasteiger partial charge is 0.489 e. The van der Waals surface area contributed by atoms with Gasteiger partial charge in [0.2, 0.25) is 0 Å². The molecular formula is C19H15BrO2. The van der Waals surface area contributed by atoms with Crippen LogP contribution >= 0.6 is 15.9 Å². The lowest BCUT2D eigenvalue weighted by Gasteiger charge is -2.13. The van der Waals surface area contributed by atoms with Gasteiger partial charge in [0, 0.05) is 16.5 Å². The SMILES string of the molecule is O=CCc1c(OCc2ccc(Br)cc2)ccc2ccccc12. The predicted molar refractivity (Wildman–Crippen MR) is 92.2 cm³/mol. The van der Waals surface area contributed by atoms with Gasteiger partial charge in [0.05, 0.1) is 0 Å². The van der Waals surface area contributed by atoms with Crippen molar-refractivity contribution in [1.29, 1.82) is 0 Å². The van der Waals surface area contributed by atoms with Crippen molar-refractivity contribution in [1.82, 2.24) is 0 Å². The lowest BCUT2D eigenvalue weighted by molar-refractivity contribution is -0.107. The van der Waals surface area contributed by atoms with E-state index in [0.29, 0.717) is 13.0 Å². The van der Waals surface area contributed by atoms with Crippen LogP contribution in [0, 0.1) is 0 Å². The number of hydrogen-bond donors (Lipinski definition) is 0. The average Bonchev–Trinajstić information content (AvgIpc) is 2.56. The van der Waals surface area contributed by atoms with E-state index in [9.17, 15) is 4.79 Å². The molecule has 0 N–H and O–H groups in total. The highest BCUT2D eigenvalue weighted by Crippen LogP contribution is 2.29.